The van der Waals surface area contributed by atoms with Crippen LogP contribution in [0, 0.1) is 12.7 Å². The van der Waals surface area contributed by atoms with Crippen molar-refractivity contribution in [3.63, 3.8) is 0 Å². The first kappa shape index (κ1) is 12.6. The molecule has 1 aromatic heterocycles. The zero-order chi connectivity index (χ0) is 12.4. The van der Waals surface area contributed by atoms with Crippen molar-refractivity contribution in [1.82, 2.24) is 5.32 Å². The first-order valence-electron chi connectivity index (χ1n) is 5.30. The third-order valence-corrected chi connectivity index (χ3v) is 4.01. The molecule has 0 bridgehead atoms. The van der Waals surface area contributed by atoms with Crippen LogP contribution >= 0.6 is 22.9 Å². The lowest BCUT2D eigenvalue weighted by Crippen LogP contribution is -2.17. The molecule has 1 N–H and O–H groups in total. The smallest absolute Gasteiger partial charge is 0.123 e. The summed E-state index contributed by atoms with van der Waals surface area (Å²) in [5.74, 6) is -0.203. The molecule has 90 valence electrons. The summed E-state index contributed by atoms with van der Waals surface area (Å²) in [6, 6.07) is 8.80. The molecule has 17 heavy (non-hydrogen) atoms. The zero-order valence-corrected chi connectivity index (χ0v) is 11.2. The highest BCUT2D eigenvalue weighted by Gasteiger charge is 2.16. The summed E-state index contributed by atoms with van der Waals surface area (Å²) in [5, 5.41) is 3.24. The van der Waals surface area contributed by atoms with Gasteiger partial charge in [0.1, 0.15) is 5.82 Å². The van der Waals surface area contributed by atoms with Gasteiger partial charge >= 0.3 is 0 Å². The number of hydrogen-bond donors (Lipinski definition) is 1. The Morgan fingerprint density at radius 1 is 1.29 bits per heavy atom. The molecule has 1 aromatic carbocycles. The van der Waals surface area contributed by atoms with E-state index in [0.717, 1.165) is 20.3 Å². The fourth-order valence-corrected chi connectivity index (χ4v) is 3.09. The first-order chi connectivity index (χ1) is 8.11. The number of hydrogen-bond acceptors (Lipinski definition) is 2. The van der Waals surface area contributed by atoms with E-state index in [9.17, 15) is 4.39 Å². The molecule has 1 heterocycles. The van der Waals surface area contributed by atoms with Crippen molar-refractivity contribution in [2.24, 2.45) is 0 Å². The van der Waals surface area contributed by atoms with Gasteiger partial charge in [-0.2, -0.15) is 0 Å². The lowest BCUT2D eigenvalue weighted by molar-refractivity contribution is 0.622. The standard InChI is InChI=1S/C13H13ClFNS/c1-8-7-9(15)3-4-10(8)13(16-2)11-5-6-12(14)17-11/h3-7,13,16H,1-2H3. The predicted molar refractivity (Wildman–Crippen MR) is 71.4 cm³/mol. The van der Waals surface area contributed by atoms with E-state index in [-0.39, 0.29) is 11.9 Å². The van der Waals surface area contributed by atoms with Crippen LogP contribution < -0.4 is 5.32 Å². The second-order valence-electron chi connectivity index (χ2n) is 3.86. The first-order valence-corrected chi connectivity index (χ1v) is 6.50. The quantitative estimate of drug-likeness (QED) is 0.882. The van der Waals surface area contributed by atoms with Gasteiger partial charge in [0.25, 0.3) is 0 Å². The molecule has 0 spiro atoms. The summed E-state index contributed by atoms with van der Waals surface area (Å²) in [6.45, 7) is 1.91. The van der Waals surface area contributed by atoms with Crippen LogP contribution in [-0.4, -0.2) is 7.05 Å². The topological polar surface area (TPSA) is 12.0 Å². The number of benzene rings is 1. The summed E-state index contributed by atoms with van der Waals surface area (Å²) in [6.07, 6.45) is 0. The Morgan fingerprint density at radius 3 is 2.59 bits per heavy atom. The van der Waals surface area contributed by atoms with Crippen molar-refractivity contribution in [2.75, 3.05) is 7.05 Å². The van der Waals surface area contributed by atoms with Gasteiger partial charge in [-0.25, -0.2) is 4.39 Å². The van der Waals surface area contributed by atoms with Crippen LogP contribution in [0.25, 0.3) is 0 Å². The molecule has 0 aliphatic rings. The molecule has 1 nitrogen and oxygen atoms in total. The van der Waals surface area contributed by atoms with Crippen molar-refractivity contribution in [3.8, 4) is 0 Å². The summed E-state index contributed by atoms with van der Waals surface area (Å²) in [7, 11) is 1.89. The maximum Gasteiger partial charge on any atom is 0.123 e. The molecule has 1 atom stereocenters. The fourth-order valence-electron chi connectivity index (χ4n) is 1.90. The molecule has 0 amide bonds. The van der Waals surface area contributed by atoms with Crippen LogP contribution in [0.1, 0.15) is 22.0 Å². The lowest BCUT2D eigenvalue weighted by Gasteiger charge is -2.17. The van der Waals surface area contributed by atoms with E-state index in [0.29, 0.717) is 0 Å². The van der Waals surface area contributed by atoms with Gasteiger partial charge in [-0.3, -0.25) is 0 Å². The van der Waals surface area contributed by atoms with Gasteiger partial charge in [0, 0.05) is 4.88 Å². The van der Waals surface area contributed by atoms with Crippen LogP contribution in [0.2, 0.25) is 4.34 Å². The third kappa shape index (κ3) is 2.68. The normalized spacial score (nSPS) is 12.7. The van der Waals surface area contributed by atoms with E-state index in [2.05, 4.69) is 5.32 Å². The molecule has 0 saturated carbocycles. The summed E-state index contributed by atoms with van der Waals surface area (Å²) < 4.78 is 13.8. The van der Waals surface area contributed by atoms with Crippen LogP contribution in [0.4, 0.5) is 4.39 Å². The van der Waals surface area contributed by atoms with E-state index < -0.39 is 0 Å². The summed E-state index contributed by atoms with van der Waals surface area (Å²) >= 11 is 7.48. The highest BCUT2D eigenvalue weighted by atomic mass is 35.5. The number of rotatable bonds is 3. The minimum absolute atomic E-state index is 0.0631. The van der Waals surface area contributed by atoms with E-state index in [1.54, 1.807) is 6.07 Å². The molecule has 0 saturated heterocycles. The van der Waals surface area contributed by atoms with Gasteiger partial charge < -0.3 is 5.32 Å². The third-order valence-electron chi connectivity index (χ3n) is 2.71. The van der Waals surface area contributed by atoms with Crippen molar-refractivity contribution in [1.29, 1.82) is 0 Å². The monoisotopic (exact) mass is 269 g/mol. The highest BCUT2D eigenvalue weighted by molar-refractivity contribution is 7.16. The van der Waals surface area contributed by atoms with Crippen LogP contribution in [-0.2, 0) is 0 Å². The second-order valence-corrected chi connectivity index (χ2v) is 5.61. The van der Waals surface area contributed by atoms with Gasteiger partial charge in [-0.05, 0) is 49.4 Å². The van der Waals surface area contributed by atoms with Gasteiger partial charge in [0.2, 0.25) is 0 Å². The van der Waals surface area contributed by atoms with Crippen molar-refractivity contribution in [2.45, 2.75) is 13.0 Å². The van der Waals surface area contributed by atoms with Crippen LogP contribution in [0.3, 0.4) is 0 Å². The largest absolute Gasteiger partial charge is 0.309 e. The molecule has 0 aliphatic carbocycles. The van der Waals surface area contributed by atoms with Crippen molar-refractivity contribution in [3.05, 3.63) is 56.5 Å². The maximum atomic E-state index is 13.1. The molecule has 1 unspecified atom stereocenters. The molecule has 0 radical (unpaired) electrons. The van der Waals surface area contributed by atoms with Crippen LogP contribution in [0.15, 0.2) is 30.3 Å². The predicted octanol–water partition coefficient (Wildman–Crippen LogP) is 4.16. The molecule has 2 aromatic rings. The Balaban J connectivity index is 2.42. The molecule has 4 heteroatoms. The Bertz CT molecular complexity index is 524. The number of aryl methyl sites for hydroxylation is 1. The Kier molecular flexibility index (Phi) is 3.82. The maximum absolute atomic E-state index is 13.1. The number of halogens is 2. The van der Waals surface area contributed by atoms with Crippen molar-refractivity contribution >= 4 is 22.9 Å². The van der Waals surface area contributed by atoms with Gasteiger partial charge in [0.05, 0.1) is 10.4 Å². The molecule has 0 aliphatic heterocycles. The van der Waals surface area contributed by atoms with Gasteiger partial charge in [-0.15, -0.1) is 11.3 Å². The lowest BCUT2D eigenvalue weighted by atomic mass is 10.00. The van der Waals surface area contributed by atoms with E-state index >= 15 is 0 Å². The van der Waals surface area contributed by atoms with E-state index in [1.807, 2.05) is 32.2 Å². The van der Waals surface area contributed by atoms with Crippen LogP contribution in [0.5, 0.6) is 0 Å². The van der Waals surface area contributed by atoms with E-state index in [4.69, 9.17) is 11.6 Å². The molecule has 2 rings (SSSR count). The average molecular weight is 270 g/mol. The minimum Gasteiger partial charge on any atom is -0.309 e. The molecular weight excluding hydrogens is 257 g/mol. The van der Waals surface area contributed by atoms with Gasteiger partial charge in [-0.1, -0.05) is 17.7 Å². The Morgan fingerprint density at radius 2 is 2.06 bits per heavy atom. The Hall–Kier alpha value is -0.900. The molecular formula is C13H13ClFNS. The highest BCUT2D eigenvalue weighted by Crippen LogP contribution is 2.32. The second kappa shape index (κ2) is 5.17. The number of nitrogens with one attached hydrogen (secondary N) is 1. The van der Waals surface area contributed by atoms with Gasteiger partial charge in [0.15, 0.2) is 0 Å². The summed E-state index contributed by atoms with van der Waals surface area (Å²) in [5.41, 5.74) is 2.02. The number of thiophene rings is 1. The fraction of sp³-hybridized carbons (Fsp3) is 0.231. The Labute approximate surface area is 109 Å². The molecule has 0 fully saturated rings. The average Bonchev–Trinajstić information content (AvgIpc) is 2.69. The minimum atomic E-state index is -0.203. The van der Waals surface area contributed by atoms with E-state index in [1.165, 1.54) is 17.4 Å². The zero-order valence-electron chi connectivity index (χ0n) is 9.63. The van der Waals surface area contributed by atoms with Crippen molar-refractivity contribution < 1.29 is 4.39 Å². The SMILES string of the molecule is CNC(c1ccc(Cl)s1)c1ccc(F)cc1C. The summed E-state index contributed by atoms with van der Waals surface area (Å²) in [4.78, 5) is 1.13.